The summed E-state index contributed by atoms with van der Waals surface area (Å²) in [7, 11) is -1.55. The monoisotopic (exact) mass is 495 g/mol. The molecule has 0 radical (unpaired) electrons. The van der Waals surface area contributed by atoms with Crippen molar-refractivity contribution in [3.63, 3.8) is 0 Å². The van der Waals surface area contributed by atoms with Gasteiger partial charge in [0.15, 0.2) is 0 Å². The maximum atomic E-state index is 4.99. The Kier molecular flexibility index (Phi) is 5.93. The summed E-state index contributed by atoms with van der Waals surface area (Å²) in [6.45, 7) is 19.1. The predicted octanol–water partition coefficient (Wildman–Crippen LogP) is 9.31. The van der Waals surface area contributed by atoms with E-state index in [2.05, 4.69) is 109 Å². The van der Waals surface area contributed by atoms with Crippen LogP contribution < -0.4 is 5.19 Å². The highest BCUT2D eigenvalue weighted by molar-refractivity contribution is 7.28. The molecule has 1 nitrogen and oxygen atoms in total. The second-order valence-corrected chi connectivity index (χ2v) is 18.5. The Labute approximate surface area is 215 Å². The molecule has 0 fully saturated rings. The molecule has 0 atom stereocenters. The maximum absolute atomic E-state index is 4.99. The first-order valence-electron chi connectivity index (χ1n) is 12.8. The molecule has 0 saturated heterocycles. The van der Waals surface area contributed by atoms with Crippen molar-refractivity contribution in [2.24, 2.45) is 5.92 Å². The van der Waals surface area contributed by atoms with Gasteiger partial charge in [0, 0.05) is 27.2 Å². The number of nitrogens with zero attached hydrogens (tertiary/aromatic N) is 1. The molecule has 2 heterocycles. The summed E-state index contributed by atoms with van der Waals surface area (Å²) in [5, 5.41) is 7.01. The average molecular weight is 496 g/mol. The molecule has 0 bridgehead atoms. The third-order valence-electron chi connectivity index (χ3n) is 6.96. The van der Waals surface area contributed by atoms with Gasteiger partial charge in [-0.25, -0.2) is 0 Å². The van der Waals surface area contributed by atoms with Gasteiger partial charge in [0.1, 0.15) is 0 Å². The van der Waals surface area contributed by atoms with E-state index in [4.69, 9.17) is 4.98 Å². The molecule has 3 aromatic carbocycles. The molecule has 0 spiro atoms. The Bertz CT molecular complexity index is 1560. The largest absolute Gasteiger partial charge is 0.255 e. The SMILES string of the molecule is CC(C)Cc1ccc2c(sc3c(-c4cc(C(C)(C)C)c5ccccc5c4)nccc32)c1[Si](C)(C)C. The maximum Gasteiger partial charge on any atom is 0.0880 e. The number of thiophene rings is 1. The van der Waals surface area contributed by atoms with Crippen LogP contribution in [0.25, 0.3) is 42.2 Å². The summed E-state index contributed by atoms with van der Waals surface area (Å²) < 4.78 is 2.81. The van der Waals surface area contributed by atoms with Crippen molar-refractivity contribution < 1.29 is 0 Å². The van der Waals surface area contributed by atoms with E-state index in [9.17, 15) is 0 Å². The fourth-order valence-electron chi connectivity index (χ4n) is 5.51. The van der Waals surface area contributed by atoms with Crippen LogP contribution in [0.15, 0.2) is 60.8 Å². The minimum absolute atomic E-state index is 0.0560. The van der Waals surface area contributed by atoms with Gasteiger partial charge in [-0.3, -0.25) is 4.98 Å². The fourth-order valence-corrected chi connectivity index (χ4v) is 9.83. The van der Waals surface area contributed by atoms with E-state index in [-0.39, 0.29) is 5.41 Å². The van der Waals surface area contributed by atoms with Gasteiger partial charge in [0.05, 0.1) is 18.5 Å². The Morgan fingerprint density at radius 3 is 2.26 bits per heavy atom. The third-order valence-corrected chi connectivity index (χ3v) is 10.5. The molecule has 5 rings (SSSR count). The average Bonchev–Trinajstić information content (AvgIpc) is 3.14. The molecular weight excluding hydrogens is 459 g/mol. The molecule has 0 aliphatic rings. The molecular formula is C32H37NSSi. The van der Waals surface area contributed by atoms with Crippen LogP contribution in [-0.4, -0.2) is 13.1 Å². The molecule has 3 heteroatoms. The van der Waals surface area contributed by atoms with Crippen LogP contribution in [-0.2, 0) is 11.8 Å². The van der Waals surface area contributed by atoms with Crippen molar-refractivity contribution in [3.8, 4) is 11.3 Å². The first-order chi connectivity index (χ1) is 16.4. The lowest BCUT2D eigenvalue weighted by Crippen LogP contribution is -2.40. The first kappa shape index (κ1) is 24.2. The van der Waals surface area contributed by atoms with Crippen LogP contribution in [0.1, 0.15) is 45.7 Å². The number of aromatic nitrogens is 1. The van der Waals surface area contributed by atoms with E-state index in [1.807, 2.05) is 17.5 Å². The summed E-state index contributed by atoms with van der Waals surface area (Å²) in [5.74, 6) is 0.655. The Balaban J connectivity index is 1.83. The van der Waals surface area contributed by atoms with Crippen molar-refractivity contribution in [3.05, 3.63) is 71.9 Å². The van der Waals surface area contributed by atoms with E-state index >= 15 is 0 Å². The van der Waals surface area contributed by atoms with E-state index < -0.39 is 8.07 Å². The number of pyridine rings is 1. The Morgan fingerprint density at radius 2 is 1.57 bits per heavy atom. The van der Waals surface area contributed by atoms with Crippen LogP contribution in [0.3, 0.4) is 0 Å². The van der Waals surface area contributed by atoms with Gasteiger partial charge < -0.3 is 0 Å². The summed E-state index contributed by atoms with van der Waals surface area (Å²) in [4.78, 5) is 4.99. The van der Waals surface area contributed by atoms with Crippen molar-refractivity contribution in [2.45, 2.75) is 66.1 Å². The molecule has 0 saturated carbocycles. The molecule has 5 aromatic rings. The Hall–Kier alpha value is -2.49. The minimum atomic E-state index is -1.55. The lowest BCUT2D eigenvalue weighted by molar-refractivity contribution is 0.596. The second kappa shape index (κ2) is 8.57. The lowest BCUT2D eigenvalue weighted by Gasteiger charge is -2.23. The molecule has 0 aliphatic carbocycles. The summed E-state index contributed by atoms with van der Waals surface area (Å²) >= 11 is 1.97. The highest BCUT2D eigenvalue weighted by atomic mass is 32.1. The van der Waals surface area contributed by atoms with Gasteiger partial charge in [0.25, 0.3) is 0 Å². The smallest absolute Gasteiger partial charge is 0.0880 e. The minimum Gasteiger partial charge on any atom is -0.255 e. The fraction of sp³-hybridized carbons (Fsp3) is 0.344. The zero-order chi connectivity index (χ0) is 25.1. The van der Waals surface area contributed by atoms with Crippen molar-refractivity contribution in [1.82, 2.24) is 4.98 Å². The first-order valence-corrected chi connectivity index (χ1v) is 17.1. The molecule has 180 valence electrons. The molecule has 35 heavy (non-hydrogen) atoms. The van der Waals surface area contributed by atoms with Gasteiger partial charge in [-0.2, -0.15) is 0 Å². The molecule has 0 amide bonds. The normalized spacial score (nSPS) is 12.9. The van der Waals surface area contributed by atoms with Crippen molar-refractivity contribution in [1.29, 1.82) is 0 Å². The molecule has 0 unspecified atom stereocenters. The highest BCUT2D eigenvalue weighted by Crippen LogP contribution is 2.41. The molecule has 0 N–H and O–H groups in total. The highest BCUT2D eigenvalue weighted by Gasteiger charge is 2.26. The number of hydrogen-bond donors (Lipinski definition) is 0. The van der Waals surface area contributed by atoms with E-state index in [0.29, 0.717) is 5.92 Å². The van der Waals surface area contributed by atoms with Gasteiger partial charge in [0.2, 0.25) is 0 Å². The summed E-state index contributed by atoms with van der Waals surface area (Å²) in [5.41, 5.74) is 5.33. The third kappa shape index (κ3) is 4.34. The standard InChI is InChI=1S/C32H37NSSi/c1-20(2)17-22-13-14-25-26-15-16-33-28(29(26)34-30(25)31(22)35(6,7)8)23-18-21-11-9-10-12-24(21)27(19-23)32(3,4)5/h9-16,18-20H,17H2,1-8H3. The van der Waals surface area contributed by atoms with Gasteiger partial charge >= 0.3 is 0 Å². The number of rotatable bonds is 4. The van der Waals surface area contributed by atoms with Crippen LogP contribution in [0.5, 0.6) is 0 Å². The number of hydrogen-bond acceptors (Lipinski definition) is 2. The predicted molar refractivity (Wildman–Crippen MR) is 160 cm³/mol. The summed E-state index contributed by atoms with van der Waals surface area (Å²) in [6, 6.07) is 20.5. The van der Waals surface area contributed by atoms with Crippen LogP contribution >= 0.6 is 11.3 Å². The number of fused-ring (bicyclic) bond motifs is 4. The second-order valence-electron chi connectivity index (χ2n) is 12.5. The van der Waals surface area contributed by atoms with E-state index in [0.717, 1.165) is 12.1 Å². The van der Waals surface area contributed by atoms with E-state index in [1.165, 1.54) is 42.1 Å². The number of benzene rings is 3. The Morgan fingerprint density at radius 1 is 0.857 bits per heavy atom. The van der Waals surface area contributed by atoms with Crippen molar-refractivity contribution >= 4 is 55.5 Å². The zero-order valence-corrected chi connectivity index (χ0v) is 24.2. The molecule has 0 aliphatic heterocycles. The zero-order valence-electron chi connectivity index (χ0n) is 22.4. The van der Waals surface area contributed by atoms with Crippen LogP contribution in [0.2, 0.25) is 19.6 Å². The van der Waals surface area contributed by atoms with Gasteiger partial charge in [-0.05, 0) is 63.0 Å². The lowest BCUT2D eigenvalue weighted by atomic mass is 9.82. The van der Waals surface area contributed by atoms with Crippen LogP contribution in [0, 0.1) is 5.92 Å². The topological polar surface area (TPSA) is 12.9 Å². The van der Waals surface area contributed by atoms with E-state index in [1.54, 1.807) is 10.8 Å². The van der Waals surface area contributed by atoms with Gasteiger partial charge in [-0.15, -0.1) is 11.3 Å². The van der Waals surface area contributed by atoms with Crippen molar-refractivity contribution in [2.75, 3.05) is 0 Å². The molecule has 2 aromatic heterocycles. The van der Waals surface area contributed by atoms with Crippen LogP contribution in [0.4, 0.5) is 0 Å². The summed E-state index contributed by atoms with van der Waals surface area (Å²) in [6.07, 6.45) is 3.15. The van der Waals surface area contributed by atoms with Gasteiger partial charge in [-0.1, -0.05) is 90.7 Å². The quantitative estimate of drug-likeness (QED) is 0.226.